The highest BCUT2D eigenvalue weighted by Gasteiger charge is 2.23. The highest BCUT2D eigenvalue weighted by atomic mass is 16.5. The lowest BCUT2D eigenvalue weighted by Crippen LogP contribution is -2.36. The van der Waals surface area contributed by atoms with Crippen LogP contribution in [0.4, 0.5) is 0 Å². The molecule has 1 aromatic carbocycles. The van der Waals surface area contributed by atoms with Crippen LogP contribution in [0.3, 0.4) is 0 Å². The molecule has 0 radical (unpaired) electrons. The van der Waals surface area contributed by atoms with E-state index < -0.39 is 0 Å². The maximum atomic E-state index is 12.6. The van der Waals surface area contributed by atoms with E-state index in [4.69, 9.17) is 9.47 Å². The predicted octanol–water partition coefficient (Wildman–Crippen LogP) is 3.08. The normalized spacial score (nSPS) is 13.3. The van der Waals surface area contributed by atoms with E-state index in [-0.39, 0.29) is 5.91 Å². The van der Waals surface area contributed by atoms with E-state index >= 15 is 0 Å². The molecule has 1 aliphatic heterocycles. The Hall–Kier alpha value is -2.56. The third-order valence-electron chi connectivity index (χ3n) is 4.07. The quantitative estimate of drug-likeness (QED) is 0.847. The average Bonchev–Trinajstić information content (AvgIpc) is 2.62. The summed E-state index contributed by atoms with van der Waals surface area (Å²) in [5, 5.41) is 0. The fourth-order valence-corrected chi connectivity index (χ4v) is 2.95. The van der Waals surface area contributed by atoms with Crippen molar-refractivity contribution in [2.24, 2.45) is 0 Å². The number of carbonyl (C=O) groups excluding carboxylic acids is 1. The van der Waals surface area contributed by atoms with Crippen LogP contribution < -0.4 is 9.47 Å². The molecule has 0 bridgehead atoms. The molecule has 0 saturated carbocycles. The molecule has 0 atom stereocenters. The predicted molar refractivity (Wildman–Crippen MR) is 91.5 cm³/mol. The molecule has 2 aromatic rings. The number of hydrogen-bond donors (Lipinski definition) is 0. The fourth-order valence-electron chi connectivity index (χ4n) is 2.95. The molecule has 24 heavy (non-hydrogen) atoms. The Bertz CT molecular complexity index is 716. The van der Waals surface area contributed by atoms with E-state index in [1.807, 2.05) is 24.8 Å². The standard InChI is InChI=1S/C19H22N2O3/c1-3-23-17-10-14-7-9-21(13-16(14)11-18(17)24-4-2)19(22)15-6-5-8-20-12-15/h5-6,8,10-12H,3-4,7,9,13H2,1-2H3. The van der Waals surface area contributed by atoms with Gasteiger partial charge in [0.05, 0.1) is 18.8 Å². The van der Waals surface area contributed by atoms with Crippen LogP contribution in [0.2, 0.25) is 0 Å². The van der Waals surface area contributed by atoms with Gasteiger partial charge in [0.15, 0.2) is 11.5 Å². The van der Waals surface area contributed by atoms with E-state index in [0.29, 0.717) is 31.9 Å². The second kappa shape index (κ2) is 7.34. The summed E-state index contributed by atoms with van der Waals surface area (Å²) in [5.74, 6) is 1.54. The maximum Gasteiger partial charge on any atom is 0.255 e. The van der Waals surface area contributed by atoms with Gasteiger partial charge in [-0.25, -0.2) is 0 Å². The average molecular weight is 326 g/mol. The van der Waals surface area contributed by atoms with Crippen molar-refractivity contribution in [3.8, 4) is 11.5 Å². The number of carbonyl (C=O) groups is 1. The minimum absolute atomic E-state index is 0.0144. The van der Waals surface area contributed by atoms with Crippen LogP contribution in [0.15, 0.2) is 36.7 Å². The van der Waals surface area contributed by atoms with Gasteiger partial charge in [-0.2, -0.15) is 0 Å². The fraction of sp³-hybridized carbons (Fsp3) is 0.368. The molecule has 0 N–H and O–H groups in total. The zero-order valence-electron chi connectivity index (χ0n) is 14.1. The first-order chi connectivity index (χ1) is 11.7. The van der Waals surface area contributed by atoms with Crippen molar-refractivity contribution < 1.29 is 14.3 Å². The maximum absolute atomic E-state index is 12.6. The summed E-state index contributed by atoms with van der Waals surface area (Å²) < 4.78 is 11.4. The molecular formula is C19H22N2O3. The number of rotatable bonds is 5. The van der Waals surface area contributed by atoms with Crippen molar-refractivity contribution in [2.75, 3.05) is 19.8 Å². The molecule has 1 amide bonds. The molecule has 0 spiro atoms. The second-order valence-electron chi connectivity index (χ2n) is 5.65. The largest absolute Gasteiger partial charge is 0.490 e. The van der Waals surface area contributed by atoms with Crippen LogP contribution >= 0.6 is 0 Å². The molecule has 1 aromatic heterocycles. The van der Waals surface area contributed by atoms with Gasteiger partial charge in [0.1, 0.15) is 0 Å². The van der Waals surface area contributed by atoms with Gasteiger partial charge in [0.2, 0.25) is 0 Å². The SMILES string of the molecule is CCOc1cc2c(cc1OCC)CN(C(=O)c1cccnc1)CC2. The summed E-state index contributed by atoms with van der Waals surface area (Å²) in [6.07, 6.45) is 4.10. The van der Waals surface area contributed by atoms with Crippen LogP contribution in [0.1, 0.15) is 35.3 Å². The summed E-state index contributed by atoms with van der Waals surface area (Å²) in [6.45, 7) is 6.37. The highest BCUT2D eigenvalue weighted by Crippen LogP contribution is 2.34. The van der Waals surface area contributed by atoms with E-state index in [1.165, 1.54) is 5.56 Å². The van der Waals surface area contributed by atoms with Crippen molar-refractivity contribution in [1.82, 2.24) is 9.88 Å². The Morgan fingerprint density at radius 2 is 1.88 bits per heavy atom. The monoisotopic (exact) mass is 326 g/mol. The Morgan fingerprint density at radius 1 is 1.17 bits per heavy atom. The summed E-state index contributed by atoms with van der Waals surface area (Å²) >= 11 is 0. The molecule has 0 aliphatic carbocycles. The van der Waals surface area contributed by atoms with Crippen molar-refractivity contribution >= 4 is 5.91 Å². The van der Waals surface area contributed by atoms with Crippen molar-refractivity contribution in [3.05, 3.63) is 53.3 Å². The van der Waals surface area contributed by atoms with Crippen molar-refractivity contribution in [3.63, 3.8) is 0 Å². The minimum Gasteiger partial charge on any atom is -0.490 e. The number of aromatic nitrogens is 1. The van der Waals surface area contributed by atoms with Crippen LogP contribution in [0, 0.1) is 0 Å². The second-order valence-corrected chi connectivity index (χ2v) is 5.65. The number of benzene rings is 1. The summed E-state index contributed by atoms with van der Waals surface area (Å²) in [5.41, 5.74) is 2.96. The van der Waals surface area contributed by atoms with Crippen LogP contribution in [0.5, 0.6) is 11.5 Å². The lowest BCUT2D eigenvalue weighted by atomic mass is 9.98. The van der Waals surface area contributed by atoms with Gasteiger partial charge >= 0.3 is 0 Å². The lowest BCUT2D eigenvalue weighted by Gasteiger charge is -2.29. The van der Waals surface area contributed by atoms with Crippen LogP contribution in [-0.4, -0.2) is 35.5 Å². The number of pyridine rings is 1. The van der Waals surface area contributed by atoms with Crippen molar-refractivity contribution in [2.45, 2.75) is 26.8 Å². The third-order valence-corrected chi connectivity index (χ3v) is 4.07. The van der Waals surface area contributed by atoms with Gasteiger partial charge in [-0.1, -0.05) is 0 Å². The van der Waals surface area contributed by atoms with Crippen molar-refractivity contribution in [1.29, 1.82) is 0 Å². The Morgan fingerprint density at radius 3 is 2.50 bits per heavy atom. The first-order valence-corrected chi connectivity index (χ1v) is 8.33. The van der Waals surface area contributed by atoms with Gasteiger partial charge in [0.25, 0.3) is 5.91 Å². The molecule has 0 fully saturated rings. The van der Waals surface area contributed by atoms with Gasteiger partial charge in [-0.15, -0.1) is 0 Å². The zero-order chi connectivity index (χ0) is 16.9. The van der Waals surface area contributed by atoms with E-state index in [1.54, 1.807) is 24.5 Å². The topological polar surface area (TPSA) is 51.7 Å². The Balaban J connectivity index is 1.84. The van der Waals surface area contributed by atoms with E-state index in [9.17, 15) is 4.79 Å². The highest BCUT2D eigenvalue weighted by molar-refractivity contribution is 5.94. The van der Waals surface area contributed by atoms with Gasteiger partial charge in [-0.05, 0) is 55.7 Å². The molecule has 0 saturated heterocycles. The molecule has 0 unspecified atom stereocenters. The molecule has 1 aliphatic rings. The zero-order valence-corrected chi connectivity index (χ0v) is 14.1. The van der Waals surface area contributed by atoms with Gasteiger partial charge in [-0.3, -0.25) is 9.78 Å². The number of fused-ring (bicyclic) bond motifs is 1. The Labute approximate surface area is 142 Å². The number of ether oxygens (including phenoxy) is 2. The molecule has 5 nitrogen and oxygen atoms in total. The van der Waals surface area contributed by atoms with Crippen LogP contribution in [-0.2, 0) is 13.0 Å². The van der Waals surface area contributed by atoms with E-state index in [0.717, 1.165) is 23.5 Å². The number of amides is 1. The van der Waals surface area contributed by atoms with E-state index in [2.05, 4.69) is 11.1 Å². The molecule has 3 rings (SSSR count). The number of hydrogen-bond acceptors (Lipinski definition) is 4. The third kappa shape index (κ3) is 3.35. The first-order valence-electron chi connectivity index (χ1n) is 8.33. The molecule has 2 heterocycles. The smallest absolute Gasteiger partial charge is 0.255 e. The summed E-state index contributed by atoms with van der Waals surface area (Å²) in [6, 6.07) is 7.64. The number of nitrogens with zero attached hydrogens (tertiary/aromatic N) is 2. The van der Waals surface area contributed by atoms with Gasteiger partial charge < -0.3 is 14.4 Å². The van der Waals surface area contributed by atoms with Gasteiger partial charge in [0, 0.05) is 25.5 Å². The summed E-state index contributed by atoms with van der Waals surface area (Å²) in [7, 11) is 0. The molecule has 5 heteroatoms. The Kier molecular flexibility index (Phi) is 4.99. The summed E-state index contributed by atoms with van der Waals surface area (Å²) in [4.78, 5) is 18.5. The van der Waals surface area contributed by atoms with Crippen LogP contribution in [0.25, 0.3) is 0 Å². The lowest BCUT2D eigenvalue weighted by molar-refractivity contribution is 0.0734. The molecule has 126 valence electrons. The first kappa shape index (κ1) is 16.3. The molecular weight excluding hydrogens is 304 g/mol. The minimum atomic E-state index is 0.0144.